The van der Waals surface area contributed by atoms with Crippen LogP contribution in [0.15, 0.2) is 10.7 Å². The van der Waals surface area contributed by atoms with Gasteiger partial charge in [0, 0.05) is 20.0 Å². The zero-order valence-corrected chi connectivity index (χ0v) is 13.0. The summed E-state index contributed by atoms with van der Waals surface area (Å²) in [5, 5.41) is 15.3. The Hall–Kier alpha value is -0.430. The number of hydrogen-bond donors (Lipinski definition) is 1. The summed E-state index contributed by atoms with van der Waals surface area (Å²) >= 11 is 3.50. The van der Waals surface area contributed by atoms with Crippen LogP contribution in [0, 0.1) is 0 Å². The van der Waals surface area contributed by atoms with E-state index < -0.39 is 5.60 Å². The second kappa shape index (κ2) is 6.35. The monoisotopic (exact) mass is 332 g/mol. The van der Waals surface area contributed by atoms with Crippen molar-refractivity contribution >= 4 is 15.9 Å². The lowest BCUT2D eigenvalue weighted by Gasteiger charge is -2.37. The third-order valence-corrected chi connectivity index (χ3v) is 4.21. The van der Waals surface area contributed by atoms with Crippen molar-refractivity contribution in [3.05, 3.63) is 16.4 Å². The van der Waals surface area contributed by atoms with E-state index >= 15 is 0 Å². The Kier molecular flexibility index (Phi) is 5.00. The van der Waals surface area contributed by atoms with Gasteiger partial charge in [0.05, 0.1) is 42.2 Å². The van der Waals surface area contributed by atoms with Crippen LogP contribution in [-0.4, -0.2) is 41.3 Å². The normalized spacial score (nSPS) is 27.7. The number of methoxy groups -OCH3 is 1. The lowest BCUT2D eigenvalue weighted by atomic mass is 9.86. The van der Waals surface area contributed by atoms with Crippen molar-refractivity contribution in [2.24, 2.45) is 0 Å². The summed E-state index contributed by atoms with van der Waals surface area (Å²) in [5.41, 5.74) is -0.0338. The summed E-state index contributed by atoms with van der Waals surface area (Å²) in [6.45, 7) is 3.87. The summed E-state index contributed by atoms with van der Waals surface area (Å²) in [7, 11) is 1.66. The maximum absolute atomic E-state index is 11.0. The number of aromatic nitrogens is 2. The summed E-state index contributed by atoms with van der Waals surface area (Å²) in [5.74, 6) is 0. The SMILES string of the molecule is CCC1CC(O)(c2c(Br)cnn2CCOC)CCO1. The molecule has 19 heavy (non-hydrogen) atoms. The summed E-state index contributed by atoms with van der Waals surface area (Å²) in [6.07, 6.45) is 3.96. The molecule has 2 atom stereocenters. The molecule has 0 bridgehead atoms. The molecule has 2 rings (SSSR count). The van der Waals surface area contributed by atoms with E-state index in [0.717, 1.165) is 16.6 Å². The molecule has 0 spiro atoms. The smallest absolute Gasteiger partial charge is 0.112 e. The topological polar surface area (TPSA) is 56.5 Å². The van der Waals surface area contributed by atoms with Gasteiger partial charge in [0.2, 0.25) is 0 Å². The molecular weight excluding hydrogens is 312 g/mol. The second-order valence-electron chi connectivity index (χ2n) is 4.94. The van der Waals surface area contributed by atoms with Gasteiger partial charge in [-0.1, -0.05) is 6.92 Å². The Balaban J connectivity index is 2.25. The van der Waals surface area contributed by atoms with Gasteiger partial charge in [-0.2, -0.15) is 5.10 Å². The molecule has 2 unspecified atom stereocenters. The first-order valence-corrected chi connectivity index (χ1v) is 7.44. The molecule has 1 aromatic rings. The van der Waals surface area contributed by atoms with Crippen LogP contribution in [0.3, 0.4) is 0 Å². The molecule has 2 heterocycles. The molecule has 1 saturated heterocycles. The summed E-state index contributed by atoms with van der Waals surface area (Å²) in [6, 6.07) is 0. The average molecular weight is 333 g/mol. The van der Waals surface area contributed by atoms with Crippen LogP contribution in [0.4, 0.5) is 0 Å². The summed E-state index contributed by atoms with van der Waals surface area (Å²) < 4.78 is 13.4. The third-order valence-electron chi connectivity index (χ3n) is 3.63. The van der Waals surface area contributed by atoms with Gasteiger partial charge < -0.3 is 14.6 Å². The van der Waals surface area contributed by atoms with Gasteiger partial charge in [0.25, 0.3) is 0 Å². The van der Waals surface area contributed by atoms with Gasteiger partial charge in [0.15, 0.2) is 0 Å². The highest BCUT2D eigenvalue weighted by atomic mass is 79.9. The highest BCUT2D eigenvalue weighted by molar-refractivity contribution is 9.10. The number of aliphatic hydroxyl groups is 1. The molecule has 1 aliphatic heterocycles. The molecule has 1 fully saturated rings. The Morgan fingerprint density at radius 1 is 1.68 bits per heavy atom. The van der Waals surface area contributed by atoms with Crippen LogP contribution in [0.1, 0.15) is 31.9 Å². The predicted molar refractivity (Wildman–Crippen MR) is 75.0 cm³/mol. The number of nitrogens with zero attached hydrogens (tertiary/aromatic N) is 2. The van der Waals surface area contributed by atoms with Gasteiger partial charge in [-0.05, 0) is 22.4 Å². The maximum Gasteiger partial charge on any atom is 0.112 e. The fourth-order valence-electron chi connectivity index (χ4n) is 2.58. The number of ether oxygens (including phenoxy) is 2. The fraction of sp³-hybridized carbons (Fsp3) is 0.769. The molecule has 5 nitrogen and oxygen atoms in total. The molecule has 108 valence electrons. The van der Waals surface area contributed by atoms with E-state index in [1.807, 2.05) is 4.68 Å². The van der Waals surface area contributed by atoms with Crippen molar-refractivity contribution in [3.8, 4) is 0 Å². The van der Waals surface area contributed by atoms with Crippen molar-refractivity contribution < 1.29 is 14.6 Å². The largest absolute Gasteiger partial charge is 0.383 e. The molecule has 0 radical (unpaired) electrons. The maximum atomic E-state index is 11.0. The average Bonchev–Trinajstić information content (AvgIpc) is 2.78. The first-order chi connectivity index (χ1) is 9.10. The molecule has 1 N–H and O–H groups in total. The van der Waals surface area contributed by atoms with Gasteiger partial charge in [-0.3, -0.25) is 4.68 Å². The van der Waals surface area contributed by atoms with E-state index in [1.165, 1.54) is 0 Å². The van der Waals surface area contributed by atoms with Gasteiger partial charge >= 0.3 is 0 Å². The fourth-order valence-corrected chi connectivity index (χ4v) is 3.25. The second-order valence-corrected chi connectivity index (χ2v) is 5.80. The molecular formula is C13H21BrN2O3. The molecule has 6 heteroatoms. The van der Waals surface area contributed by atoms with E-state index in [-0.39, 0.29) is 6.10 Å². The quantitative estimate of drug-likeness (QED) is 0.896. The highest BCUT2D eigenvalue weighted by Gasteiger charge is 2.40. The highest BCUT2D eigenvalue weighted by Crippen LogP contribution is 2.38. The zero-order chi connectivity index (χ0) is 13.9. The molecule has 1 aromatic heterocycles. The first kappa shape index (κ1) is 15.0. The van der Waals surface area contributed by atoms with Crippen LogP contribution in [-0.2, 0) is 21.6 Å². The Labute approximate surface area is 122 Å². The van der Waals surface area contributed by atoms with Crippen molar-refractivity contribution in [2.75, 3.05) is 20.3 Å². The van der Waals surface area contributed by atoms with Crippen LogP contribution >= 0.6 is 15.9 Å². The minimum Gasteiger partial charge on any atom is -0.383 e. The molecule has 1 aliphatic rings. The van der Waals surface area contributed by atoms with Crippen molar-refractivity contribution in [3.63, 3.8) is 0 Å². The number of hydrogen-bond acceptors (Lipinski definition) is 4. The van der Waals surface area contributed by atoms with E-state index in [9.17, 15) is 5.11 Å². The molecule has 0 aliphatic carbocycles. The lowest BCUT2D eigenvalue weighted by molar-refractivity contribution is -0.113. The Morgan fingerprint density at radius 2 is 2.47 bits per heavy atom. The van der Waals surface area contributed by atoms with Crippen molar-refractivity contribution in [1.29, 1.82) is 0 Å². The van der Waals surface area contributed by atoms with Crippen molar-refractivity contribution in [2.45, 2.75) is 44.4 Å². The van der Waals surface area contributed by atoms with Gasteiger partial charge in [-0.15, -0.1) is 0 Å². The summed E-state index contributed by atoms with van der Waals surface area (Å²) in [4.78, 5) is 0. The van der Waals surface area contributed by atoms with Crippen LogP contribution in [0.5, 0.6) is 0 Å². The minimum atomic E-state index is -0.873. The van der Waals surface area contributed by atoms with E-state index in [0.29, 0.717) is 32.6 Å². The van der Waals surface area contributed by atoms with Crippen LogP contribution in [0.2, 0.25) is 0 Å². The van der Waals surface area contributed by atoms with Crippen LogP contribution in [0.25, 0.3) is 0 Å². The van der Waals surface area contributed by atoms with Gasteiger partial charge in [0.1, 0.15) is 5.60 Å². The standard InChI is InChI=1S/C13H21BrN2O3/c1-3-10-8-13(17,4-6-19-10)12-11(14)9-15-16(12)5-7-18-2/h9-10,17H,3-8H2,1-2H3. The van der Waals surface area contributed by atoms with E-state index in [4.69, 9.17) is 9.47 Å². The first-order valence-electron chi connectivity index (χ1n) is 6.65. The number of halogens is 1. The zero-order valence-electron chi connectivity index (χ0n) is 11.4. The minimum absolute atomic E-state index is 0.108. The molecule has 0 saturated carbocycles. The van der Waals surface area contributed by atoms with Crippen molar-refractivity contribution in [1.82, 2.24) is 9.78 Å². The Bertz CT molecular complexity index is 424. The third kappa shape index (κ3) is 3.18. The Morgan fingerprint density at radius 3 is 3.16 bits per heavy atom. The van der Waals surface area contributed by atoms with E-state index in [2.05, 4.69) is 28.0 Å². The van der Waals surface area contributed by atoms with Crippen LogP contribution < -0.4 is 0 Å². The lowest BCUT2D eigenvalue weighted by Crippen LogP contribution is -2.40. The van der Waals surface area contributed by atoms with Gasteiger partial charge in [-0.25, -0.2) is 0 Å². The predicted octanol–water partition coefficient (Wildman–Crippen LogP) is 2.07. The molecule has 0 aromatic carbocycles. The van der Waals surface area contributed by atoms with E-state index in [1.54, 1.807) is 13.3 Å². The molecule has 0 amide bonds. The number of rotatable bonds is 5.